The first-order chi connectivity index (χ1) is 5.76. The highest BCUT2D eigenvalue weighted by atomic mass is 16.3. The number of furan rings is 1. The van der Waals surface area contributed by atoms with Gasteiger partial charge in [-0.3, -0.25) is 0 Å². The number of nitrogens with two attached hydrogens (primary N) is 1. The van der Waals surface area contributed by atoms with Gasteiger partial charge in [0.25, 0.3) is 0 Å². The number of fused-ring (bicyclic) bond motifs is 1. The van der Waals surface area contributed by atoms with E-state index in [-0.39, 0.29) is 6.54 Å². The van der Waals surface area contributed by atoms with Crippen molar-refractivity contribution in [1.82, 2.24) is 0 Å². The molecule has 0 saturated heterocycles. The van der Waals surface area contributed by atoms with Crippen LogP contribution in [-0.4, -0.2) is 11.7 Å². The Balaban J connectivity index is 2.44. The number of hydrogen-bond acceptors (Lipinski definition) is 3. The first-order valence-electron chi connectivity index (χ1n) is 4.25. The molecule has 1 aliphatic rings. The monoisotopic (exact) mass is 167 g/mol. The molecule has 0 saturated carbocycles. The fourth-order valence-corrected chi connectivity index (χ4v) is 1.84. The summed E-state index contributed by atoms with van der Waals surface area (Å²) in [5, 5.41) is 10.0. The first-order valence-corrected chi connectivity index (χ1v) is 4.25. The highest BCUT2D eigenvalue weighted by Crippen LogP contribution is 2.34. The van der Waals surface area contributed by atoms with Gasteiger partial charge in [0.15, 0.2) is 0 Å². The molecular weight excluding hydrogens is 154 g/mol. The van der Waals surface area contributed by atoms with Crippen LogP contribution in [-0.2, 0) is 12.0 Å². The summed E-state index contributed by atoms with van der Waals surface area (Å²) in [7, 11) is 0. The second kappa shape index (κ2) is 2.61. The second-order valence-corrected chi connectivity index (χ2v) is 3.35. The molecule has 1 unspecified atom stereocenters. The molecule has 0 amide bonds. The van der Waals surface area contributed by atoms with Crippen LogP contribution in [0.15, 0.2) is 16.7 Å². The van der Waals surface area contributed by atoms with Gasteiger partial charge in [-0.2, -0.15) is 0 Å². The van der Waals surface area contributed by atoms with E-state index in [1.807, 2.05) is 6.07 Å². The summed E-state index contributed by atoms with van der Waals surface area (Å²) in [6.07, 6.45) is 4.24. The Morgan fingerprint density at radius 2 is 2.50 bits per heavy atom. The Morgan fingerprint density at radius 1 is 1.67 bits per heavy atom. The van der Waals surface area contributed by atoms with Gasteiger partial charge in [0.05, 0.1) is 6.26 Å². The minimum absolute atomic E-state index is 0.277. The van der Waals surface area contributed by atoms with Gasteiger partial charge in [-0.25, -0.2) is 0 Å². The van der Waals surface area contributed by atoms with Gasteiger partial charge in [0.1, 0.15) is 11.4 Å². The molecule has 1 aromatic rings. The zero-order valence-corrected chi connectivity index (χ0v) is 6.92. The molecule has 3 heteroatoms. The topological polar surface area (TPSA) is 59.4 Å². The van der Waals surface area contributed by atoms with Gasteiger partial charge in [0, 0.05) is 18.5 Å². The predicted octanol–water partition coefficient (Wildman–Crippen LogP) is 0.762. The van der Waals surface area contributed by atoms with E-state index in [4.69, 9.17) is 10.2 Å². The molecule has 3 nitrogen and oxygen atoms in total. The van der Waals surface area contributed by atoms with Crippen molar-refractivity contribution < 1.29 is 9.52 Å². The van der Waals surface area contributed by atoms with Gasteiger partial charge in [-0.15, -0.1) is 0 Å². The first kappa shape index (κ1) is 7.83. The number of aliphatic hydroxyl groups is 1. The van der Waals surface area contributed by atoms with Crippen molar-refractivity contribution in [2.45, 2.75) is 24.9 Å². The van der Waals surface area contributed by atoms with Crippen LogP contribution in [0.2, 0.25) is 0 Å². The normalized spacial score (nSPS) is 28.5. The third kappa shape index (κ3) is 0.974. The molecule has 12 heavy (non-hydrogen) atoms. The third-order valence-corrected chi connectivity index (χ3v) is 2.58. The van der Waals surface area contributed by atoms with Crippen LogP contribution in [0.1, 0.15) is 24.2 Å². The molecule has 1 atom stereocenters. The second-order valence-electron chi connectivity index (χ2n) is 3.35. The summed E-state index contributed by atoms with van der Waals surface area (Å²) in [6.45, 7) is 0.277. The van der Waals surface area contributed by atoms with E-state index in [0.717, 1.165) is 30.6 Å². The van der Waals surface area contributed by atoms with Gasteiger partial charge >= 0.3 is 0 Å². The van der Waals surface area contributed by atoms with E-state index in [1.165, 1.54) is 0 Å². The van der Waals surface area contributed by atoms with Crippen LogP contribution < -0.4 is 5.73 Å². The molecular formula is C9H13NO2. The number of hydrogen-bond donors (Lipinski definition) is 2. The minimum Gasteiger partial charge on any atom is -0.469 e. The van der Waals surface area contributed by atoms with Gasteiger partial charge < -0.3 is 15.3 Å². The zero-order valence-electron chi connectivity index (χ0n) is 6.92. The summed E-state index contributed by atoms with van der Waals surface area (Å²) in [6, 6.07) is 1.82. The van der Waals surface area contributed by atoms with Crippen LogP contribution in [0, 0.1) is 0 Å². The predicted molar refractivity (Wildman–Crippen MR) is 44.6 cm³/mol. The fraction of sp³-hybridized carbons (Fsp3) is 0.556. The lowest BCUT2D eigenvalue weighted by molar-refractivity contribution is 0.0257. The molecule has 0 radical (unpaired) electrons. The fourth-order valence-electron chi connectivity index (χ4n) is 1.84. The highest BCUT2D eigenvalue weighted by molar-refractivity contribution is 5.27. The molecule has 0 bridgehead atoms. The Bertz CT molecular complexity index is 282. The summed E-state index contributed by atoms with van der Waals surface area (Å²) in [4.78, 5) is 0. The quantitative estimate of drug-likeness (QED) is 0.649. The van der Waals surface area contributed by atoms with Gasteiger partial charge in [-0.1, -0.05) is 0 Å². The smallest absolute Gasteiger partial charge is 0.109 e. The van der Waals surface area contributed by atoms with Gasteiger partial charge in [0.2, 0.25) is 0 Å². The van der Waals surface area contributed by atoms with E-state index in [0.29, 0.717) is 0 Å². The van der Waals surface area contributed by atoms with Crippen molar-refractivity contribution in [3.63, 3.8) is 0 Å². The average molecular weight is 167 g/mol. The maximum Gasteiger partial charge on any atom is 0.109 e. The molecule has 1 aromatic heterocycles. The standard InChI is InChI=1S/C9H13NO2/c10-6-9(11)4-1-2-8-7(9)3-5-12-8/h3,5,11H,1-2,4,6,10H2. The van der Waals surface area contributed by atoms with Gasteiger partial charge in [-0.05, 0) is 18.9 Å². The van der Waals surface area contributed by atoms with Crippen molar-refractivity contribution in [1.29, 1.82) is 0 Å². The maximum atomic E-state index is 10.0. The van der Waals surface area contributed by atoms with Crippen molar-refractivity contribution in [2.24, 2.45) is 5.73 Å². The Labute approximate surface area is 71.2 Å². The maximum absolute atomic E-state index is 10.0. The van der Waals surface area contributed by atoms with Crippen molar-refractivity contribution >= 4 is 0 Å². The average Bonchev–Trinajstić information content (AvgIpc) is 2.54. The highest BCUT2D eigenvalue weighted by Gasteiger charge is 2.34. The van der Waals surface area contributed by atoms with E-state index < -0.39 is 5.60 Å². The number of aryl methyl sites for hydroxylation is 1. The van der Waals surface area contributed by atoms with E-state index in [2.05, 4.69) is 0 Å². The number of rotatable bonds is 1. The third-order valence-electron chi connectivity index (χ3n) is 2.58. The summed E-state index contributed by atoms with van der Waals surface area (Å²) < 4.78 is 5.24. The lowest BCUT2D eigenvalue weighted by Crippen LogP contribution is -2.37. The molecule has 0 aromatic carbocycles. The molecule has 1 aliphatic carbocycles. The largest absolute Gasteiger partial charge is 0.469 e. The Morgan fingerprint density at radius 3 is 3.25 bits per heavy atom. The van der Waals surface area contributed by atoms with Crippen LogP contribution in [0.4, 0.5) is 0 Å². The van der Waals surface area contributed by atoms with Crippen molar-refractivity contribution in [3.8, 4) is 0 Å². The van der Waals surface area contributed by atoms with Crippen LogP contribution in [0.3, 0.4) is 0 Å². The van der Waals surface area contributed by atoms with E-state index in [1.54, 1.807) is 6.26 Å². The molecule has 0 spiro atoms. The Hall–Kier alpha value is -0.800. The lowest BCUT2D eigenvalue weighted by Gasteiger charge is -2.29. The zero-order chi connectivity index (χ0) is 8.60. The summed E-state index contributed by atoms with van der Waals surface area (Å²) in [5.74, 6) is 0.897. The summed E-state index contributed by atoms with van der Waals surface area (Å²) >= 11 is 0. The minimum atomic E-state index is -0.833. The molecule has 3 N–H and O–H groups in total. The SMILES string of the molecule is NCC1(O)CCCc2occc21. The van der Waals surface area contributed by atoms with E-state index in [9.17, 15) is 5.11 Å². The van der Waals surface area contributed by atoms with Crippen molar-refractivity contribution in [2.75, 3.05) is 6.54 Å². The molecule has 2 rings (SSSR count). The summed E-state index contributed by atoms with van der Waals surface area (Å²) in [5.41, 5.74) is 5.57. The van der Waals surface area contributed by atoms with Crippen LogP contribution in [0.25, 0.3) is 0 Å². The Kier molecular flexibility index (Phi) is 1.70. The van der Waals surface area contributed by atoms with E-state index >= 15 is 0 Å². The van der Waals surface area contributed by atoms with Crippen LogP contribution in [0.5, 0.6) is 0 Å². The molecule has 0 aliphatic heterocycles. The lowest BCUT2D eigenvalue weighted by atomic mass is 9.83. The van der Waals surface area contributed by atoms with Crippen LogP contribution >= 0.6 is 0 Å². The van der Waals surface area contributed by atoms with Crippen molar-refractivity contribution in [3.05, 3.63) is 23.7 Å². The molecule has 66 valence electrons. The molecule has 0 fully saturated rings. The molecule has 1 heterocycles.